The zero-order valence-electron chi connectivity index (χ0n) is 11.9. The first-order chi connectivity index (χ1) is 10.8. The molecule has 0 aromatic carbocycles. The smallest absolute Gasteiger partial charge is 0.228 e. The highest BCUT2D eigenvalue weighted by molar-refractivity contribution is 4.91. The van der Waals surface area contributed by atoms with Gasteiger partial charge in [-0.3, -0.25) is 0 Å². The van der Waals surface area contributed by atoms with Crippen molar-refractivity contribution in [3.8, 4) is 0 Å². The second kappa shape index (κ2) is 7.61. The first-order valence-corrected chi connectivity index (χ1v) is 7.03. The molecule has 11 heteroatoms. The number of hydrogen-bond donors (Lipinski definition) is 7. The lowest BCUT2D eigenvalue weighted by atomic mass is 9.98. The van der Waals surface area contributed by atoms with Gasteiger partial charge in [0, 0.05) is 0 Å². The summed E-state index contributed by atoms with van der Waals surface area (Å²) in [5, 5.41) is 66.4. The Morgan fingerprint density at radius 1 is 0.739 bits per heavy atom. The number of aliphatic hydroxyl groups is 7. The highest BCUT2D eigenvalue weighted by Crippen LogP contribution is 2.25. The van der Waals surface area contributed by atoms with E-state index in [1.54, 1.807) is 0 Å². The Balaban J connectivity index is 1.94. The van der Waals surface area contributed by atoms with Gasteiger partial charge < -0.3 is 50.0 Å². The molecule has 2 aliphatic heterocycles. The highest BCUT2D eigenvalue weighted by Gasteiger charge is 2.47. The summed E-state index contributed by atoms with van der Waals surface area (Å²) in [6, 6.07) is 0. The van der Waals surface area contributed by atoms with Gasteiger partial charge >= 0.3 is 0 Å². The van der Waals surface area contributed by atoms with Crippen LogP contribution in [0.3, 0.4) is 0 Å². The van der Waals surface area contributed by atoms with E-state index >= 15 is 0 Å². The van der Waals surface area contributed by atoms with Gasteiger partial charge in [-0.2, -0.15) is 0 Å². The van der Waals surface area contributed by atoms with Gasteiger partial charge in [-0.05, 0) is 0 Å². The van der Waals surface area contributed by atoms with Crippen LogP contribution in [0.4, 0.5) is 4.39 Å². The number of rotatable bonds is 4. The quantitative estimate of drug-likeness (QED) is 0.264. The molecule has 10 nitrogen and oxygen atoms in total. The van der Waals surface area contributed by atoms with Crippen molar-refractivity contribution in [1.82, 2.24) is 0 Å². The van der Waals surface area contributed by atoms with E-state index in [9.17, 15) is 35.0 Å². The molecule has 10 atom stereocenters. The Kier molecular flexibility index (Phi) is 6.24. The third kappa shape index (κ3) is 3.79. The molecule has 0 aromatic heterocycles. The molecule has 0 spiro atoms. The molecule has 2 heterocycles. The molecule has 7 N–H and O–H groups in total. The molecular formula is C12H21FO10. The minimum atomic E-state index is -2.24. The summed E-state index contributed by atoms with van der Waals surface area (Å²) in [6.07, 6.45) is -16.5. The van der Waals surface area contributed by atoms with Gasteiger partial charge in [0.2, 0.25) is 6.36 Å². The molecule has 2 rings (SSSR count). The fraction of sp³-hybridized carbons (Fsp3) is 1.00. The average molecular weight is 344 g/mol. The van der Waals surface area contributed by atoms with Crippen molar-refractivity contribution in [2.75, 3.05) is 13.2 Å². The molecule has 0 radical (unpaired) electrons. The van der Waals surface area contributed by atoms with Crippen molar-refractivity contribution in [2.45, 2.75) is 61.5 Å². The van der Waals surface area contributed by atoms with Gasteiger partial charge in [0.25, 0.3) is 0 Å². The largest absolute Gasteiger partial charge is 0.394 e. The Bertz CT molecular complexity index is 385. The van der Waals surface area contributed by atoms with Gasteiger partial charge in [0.05, 0.1) is 13.2 Å². The standard InChI is InChI=1S/C12H21FO10/c13-11-9(19)7(17)6(16)4(22-11)2-21-12-10(20)8(18)5(15)3(1-14)23-12/h3-12,14-20H,1-2H2/t3-,4-,5-,6-,7+,8+,9-,10-,11+,12+/m1/s1. The zero-order valence-corrected chi connectivity index (χ0v) is 11.9. The number of alkyl halides is 1. The molecule has 136 valence electrons. The lowest BCUT2D eigenvalue weighted by Gasteiger charge is -2.41. The van der Waals surface area contributed by atoms with Gasteiger partial charge in [-0.15, -0.1) is 0 Å². The zero-order chi connectivity index (χ0) is 17.3. The van der Waals surface area contributed by atoms with Crippen molar-refractivity contribution in [2.24, 2.45) is 0 Å². The molecule has 23 heavy (non-hydrogen) atoms. The van der Waals surface area contributed by atoms with E-state index in [4.69, 9.17) is 14.6 Å². The van der Waals surface area contributed by atoms with Gasteiger partial charge in [-0.25, -0.2) is 4.39 Å². The first-order valence-electron chi connectivity index (χ1n) is 7.03. The number of ether oxygens (including phenoxy) is 3. The molecule has 0 unspecified atom stereocenters. The topological polar surface area (TPSA) is 169 Å². The van der Waals surface area contributed by atoms with E-state index in [2.05, 4.69) is 4.74 Å². The van der Waals surface area contributed by atoms with Gasteiger partial charge in [0.1, 0.15) is 48.8 Å². The number of hydrogen-bond acceptors (Lipinski definition) is 10. The van der Waals surface area contributed by atoms with Gasteiger partial charge in [-0.1, -0.05) is 0 Å². The number of halogens is 1. The molecule has 0 aromatic rings. The van der Waals surface area contributed by atoms with Crippen LogP contribution in [-0.4, -0.2) is 110 Å². The average Bonchev–Trinajstić information content (AvgIpc) is 2.54. The van der Waals surface area contributed by atoms with E-state index in [1.807, 2.05) is 0 Å². The van der Waals surface area contributed by atoms with E-state index in [-0.39, 0.29) is 0 Å². The van der Waals surface area contributed by atoms with Crippen LogP contribution in [0.15, 0.2) is 0 Å². The van der Waals surface area contributed by atoms with Crippen LogP contribution in [0.1, 0.15) is 0 Å². The third-order valence-electron chi connectivity index (χ3n) is 3.93. The van der Waals surface area contributed by atoms with Crippen LogP contribution in [0.5, 0.6) is 0 Å². The highest BCUT2D eigenvalue weighted by atomic mass is 19.1. The minimum absolute atomic E-state index is 0.548. The third-order valence-corrected chi connectivity index (χ3v) is 3.93. The normalized spacial score (nSPS) is 51.7. The summed E-state index contributed by atoms with van der Waals surface area (Å²) < 4.78 is 28.1. The Morgan fingerprint density at radius 2 is 1.30 bits per heavy atom. The van der Waals surface area contributed by atoms with Crippen LogP contribution >= 0.6 is 0 Å². The molecule has 0 saturated carbocycles. The van der Waals surface area contributed by atoms with Crippen LogP contribution in [-0.2, 0) is 14.2 Å². The van der Waals surface area contributed by atoms with E-state index in [0.717, 1.165) is 0 Å². The summed E-state index contributed by atoms with van der Waals surface area (Å²) in [7, 11) is 0. The minimum Gasteiger partial charge on any atom is -0.394 e. The SMILES string of the molecule is OC[C@H]1O[C@H](OC[C@H]2O[C@H](F)[C@H](O)[C@@H](O)[C@@H]2O)[C@H](O)[C@@H](O)[C@@H]1O. The molecule has 2 fully saturated rings. The molecule has 2 aliphatic rings. The molecule has 0 bridgehead atoms. The predicted octanol–water partition coefficient (Wildman–Crippen LogP) is -4.42. The summed E-state index contributed by atoms with van der Waals surface area (Å²) in [4.78, 5) is 0. The van der Waals surface area contributed by atoms with Crippen LogP contribution in [0.2, 0.25) is 0 Å². The molecule has 0 aliphatic carbocycles. The van der Waals surface area contributed by atoms with Crippen LogP contribution in [0, 0.1) is 0 Å². The van der Waals surface area contributed by atoms with Crippen molar-refractivity contribution < 1.29 is 54.3 Å². The van der Waals surface area contributed by atoms with Gasteiger partial charge in [0.15, 0.2) is 6.29 Å². The van der Waals surface area contributed by atoms with E-state index < -0.39 is 74.7 Å². The van der Waals surface area contributed by atoms with E-state index in [0.29, 0.717) is 0 Å². The first kappa shape index (κ1) is 18.9. The second-order valence-electron chi connectivity index (χ2n) is 5.53. The van der Waals surface area contributed by atoms with Crippen LogP contribution in [0.25, 0.3) is 0 Å². The summed E-state index contributed by atoms with van der Waals surface area (Å²) in [6.45, 7) is -1.20. The molecular weight excluding hydrogens is 323 g/mol. The Morgan fingerprint density at radius 3 is 1.91 bits per heavy atom. The maximum absolute atomic E-state index is 13.3. The Hall–Kier alpha value is -0.470. The second-order valence-corrected chi connectivity index (χ2v) is 5.53. The number of aliphatic hydroxyl groups excluding tert-OH is 7. The monoisotopic (exact) mass is 344 g/mol. The Labute approximate surface area is 130 Å². The van der Waals surface area contributed by atoms with Crippen molar-refractivity contribution in [3.05, 3.63) is 0 Å². The van der Waals surface area contributed by atoms with Crippen molar-refractivity contribution >= 4 is 0 Å². The van der Waals surface area contributed by atoms with Crippen molar-refractivity contribution in [3.63, 3.8) is 0 Å². The van der Waals surface area contributed by atoms with Crippen molar-refractivity contribution in [1.29, 1.82) is 0 Å². The fourth-order valence-corrected chi connectivity index (χ4v) is 2.44. The predicted molar refractivity (Wildman–Crippen MR) is 67.5 cm³/mol. The molecule has 0 amide bonds. The lowest BCUT2D eigenvalue weighted by molar-refractivity contribution is -0.319. The maximum atomic E-state index is 13.3. The lowest BCUT2D eigenvalue weighted by Crippen LogP contribution is -2.61. The molecule has 2 saturated heterocycles. The summed E-state index contributed by atoms with van der Waals surface area (Å²) in [5.74, 6) is 0. The summed E-state index contributed by atoms with van der Waals surface area (Å²) in [5.41, 5.74) is 0. The maximum Gasteiger partial charge on any atom is 0.228 e. The fourth-order valence-electron chi connectivity index (χ4n) is 2.44. The van der Waals surface area contributed by atoms with E-state index in [1.165, 1.54) is 0 Å². The summed E-state index contributed by atoms with van der Waals surface area (Å²) >= 11 is 0. The van der Waals surface area contributed by atoms with Crippen LogP contribution < -0.4 is 0 Å².